The van der Waals surface area contributed by atoms with E-state index in [0.29, 0.717) is 53.1 Å². The van der Waals surface area contributed by atoms with Crippen LogP contribution in [0.25, 0.3) is 31.8 Å². The fraction of sp³-hybridized carbons (Fsp3) is 0.406. The highest BCUT2D eigenvalue weighted by Gasteiger charge is 2.45. The molecule has 0 unspecified atom stereocenters. The van der Waals surface area contributed by atoms with Gasteiger partial charge in [-0.15, -0.1) is 11.3 Å². The van der Waals surface area contributed by atoms with E-state index >= 15 is 4.39 Å². The second-order valence-corrected chi connectivity index (χ2v) is 29.7. The minimum atomic E-state index is -4.73. The largest absolute Gasteiger partial charge is 0.391 e. The number of benzene rings is 4. The maximum atomic E-state index is 16.4. The Balaban J connectivity index is 0.712. The van der Waals surface area contributed by atoms with Crippen LogP contribution in [0.4, 0.5) is 21.0 Å². The van der Waals surface area contributed by atoms with Crippen LogP contribution in [0.1, 0.15) is 134 Å². The van der Waals surface area contributed by atoms with E-state index in [1.807, 2.05) is 112 Å². The molecule has 3 fully saturated rings. The number of nitrogens with zero attached hydrogens (tertiary/aromatic N) is 8. The summed E-state index contributed by atoms with van der Waals surface area (Å²) in [5, 5.41) is 25.1. The zero-order valence-corrected chi connectivity index (χ0v) is 55.4. The van der Waals surface area contributed by atoms with Crippen LogP contribution >= 0.6 is 22.7 Å². The number of nitrogens with one attached hydrogen (secondary N) is 4. The van der Waals surface area contributed by atoms with Crippen LogP contribution in [0, 0.1) is 36.9 Å². The topological polar surface area (TPSA) is 254 Å². The monoisotopic (exact) mass is 1320 g/mol. The Morgan fingerprint density at radius 1 is 0.817 bits per heavy atom. The van der Waals surface area contributed by atoms with Crippen LogP contribution in [0.3, 0.4) is 0 Å². The molecule has 8 aromatic rings. The second kappa shape index (κ2) is 26.9. The summed E-state index contributed by atoms with van der Waals surface area (Å²) < 4.78 is 50.1. The SMILES string of the molecule is Cc1ncsc1-c1ccc([C@H](C)NC(=O)[C@@H]2C[C@@H](O)CN2C(=O)[C@@H](NC(=O)C2CCN(c3ccc(S(=O)(=O)NC(=O)c4nc(N5CCc6cccc(C(=O)Nc7nc8ccccc8s7)c6C5)ccc4-c4cnn(CC5CCCCC5)c4C)cc3F)CC2)C(C)(C)C)cc1. The number of sulfonamides is 1. The van der Waals surface area contributed by atoms with Gasteiger partial charge in [-0.2, -0.15) is 5.10 Å². The van der Waals surface area contributed by atoms with Gasteiger partial charge in [-0.1, -0.05) is 99.9 Å². The lowest BCUT2D eigenvalue weighted by atomic mass is 9.84. The Kier molecular flexibility index (Phi) is 18.7. The number of carbonyl (C=O) groups is 5. The van der Waals surface area contributed by atoms with Gasteiger partial charge in [-0.3, -0.25) is 34.0 Å². The first-order valence-electron chi connectivity index (χ1n) is 31.8. The molecule has 0 bridgehead atoms. The molecule has 4 aromatic heterocycles. The molecule has 0 radical (unpaired) electrons. The van der Waals surface area contributed by atoms with Crippen molar-refractivity contribution in [2.24, 2.45) is 17.3 Å². The molecule has 93 heavy (non-hydrogen) atoms. The third-order valence-corrected chi connectivity index (χ3v) is 22.0. The number of aryl methyl sites for hydroxylation is 1. The lowest BCUT2D eigenvalue weighted by Crippen LogP contribution is -2.59. The summed E-state index contributed by atoms with van der Waals surface area (Å²) in [7, 11) is -4.73. The van der Waals surface area contributed by atoms with E-state index in [1.165, 1.54) is 34.8 Å². The van der Waals surface area contributed by atoms with Crippen LogP contribution in [0.2, 0.25) is 0 Å². The van der Waals surface area contributed by atoms with Gasteiger partial charge in [0.25, 0.3) is 21.8 Å². The van der Waals surface area contributed by atoms with Crippen molar-refractivity contribution in [3.63, 3.8) is 0 Å². The van der Waals surface area contributed by atoms with Crippen LogP contribution in [-0.4, -0.2) is 117 Å². The van der Waals surface area contributed by atoms with Crippen molar-refractivity contribution < 1.29 is 41.9 Å². The van der Waals surface area contributed by atoms with Gasteiger partial charge in [-0.05, 0) is 135 Å². The van der Waals surface area contributed by atoms with E-state index in [-0.39, 0.29) is 68.6 Å². The fourth-order valence-corrected chi connectivity index (χ4v) is 16.0. The van der Waals surface area contributed by atoms with Crippen molar-refractivity contribution in [1.82, 2.24) is 45.0 Å². The van der Waals surface area contributed by atoms with E-state index in [0.717, 1.165) is 80.5 Å². The third-order valence-electron chi connectivity index (χ3n) is 18.7. The Morgan fingerprint density at radius 2 is 1.58 bits per heavy atom. The van der Waals surface area contributed by atoms with Gasteiger partial charge in [0, 0.05) is 74.0 Å². The van der Waals surface area contributed by atoms with E-state index in [4.69, 9.17) is 10.1 Å². The molecule has 4 aromatic carbocycles. The maximum Gasteiger partial charge on any atom is 0.284 e. The molecule has 20 nitrogen and oxygen atoms in total. The number of thiazole rings is 2. The first-order valence-corrected chi connectivity index (χ1v) is 35.0. The normalized spacial score (nSPS) is 18.0. The van der Waals surface area contributed by atoms with Gasteiger partial charge < -0.3 is 30.4 Å². The molecule has 24 heteroatoms. The molecule has 4 atom stereocenters. The van der Waals surface area contributed by atoms with Gasteiger partial charge in [0.2, 0.25) is 17.7 Å². The number of aliphatic hydroxyl groups is 1. The quantitative estimate of drug-likeness (QED) is 0.0569. The van der Waals surface area contributed by atoms with Crippen molar-refractivity contribution in [3.8, 4) is 21.6 Å². The number of hydrogen-bond acceptors (Lipinski definition) is 16. The standard InChI is InChI=1S/C69H77FN12O8S3/c1-40(44-19-21-46(22-20-44)61-41(2)71-39-91-61)73-65(86)57-33-48(83)37-81(57)67(88)62(69(4,5)6)76-63(84)47-28-30-79(31-29-47)56-25-23-49(34-54(56)70)93(89,90)78-66(87)60-50(52-35-72-82(42(52)3)36-43-13-8-7-9-14-43)24-26-59(75-60)80-32-27-45-15-12-16-51(53(45)38-80)64(85)77-68-74-55-17-10-11-18-58(55)92-68/h10-12,15-26,34-35,39-40,43,47-48,57,62,83H,7-9,13-14,27-33,36-38H2,1-6H3,(H,73,86)(H,76,84)(H,78,87)(H,74,77,85)/t40-,48+,57-,62+/m0/s1. The Bertz CT molecular complexity index is 4230. The van der Waals surface area contributed by atoms with Crippen molar-refractivity contribution in [3.05, 3.63) is 154 Å². The highest BCUT2D eigenvalue weighted by Crippen LogP contribution is 2.37. The lowest BCUT2D eigenvalue weighted by Gasteiger charge is -2.38. The molecule has 2 saturated heterocycles. The fourth-order valence-electron chi connectivity index (χ4n) is 13.4. The van der Waals surface area contributed by atoms with Crippen LogP contribution < -0.4 is 30.5 Å². The number of carbonyl (C=O) groups excluding carboxylic acids is 5. The predicted molar refractivity (Wildman–Crippen MR) is 358 cm³/mol. The number of amides is 5. The average Bonchev–Trinajstić information content (AvgIpc) is 1.70. The molecule has 3 aliphatic heterocycles. The molecule has 486 valence electrons. The summed E-state index contributed by atoms with van der Waals surface area (Å²) in [6.07, 6.45) is 7.57. The number of rotatable bonds is 17. The van der Waals surface area contributed by atoms with Gasteiger partial charge in [-0.25, -0.2) is 32.5 Å². The van der Waals surface area contributed by atoms with Crippen molar-refractivity contribution in [2.75, 3.05) is 41.3 Å². The van der Waals surface area contributed by atoms with Crippen molar-refractivity contribution in [1.29, 1.82) is 0 Å². The summed E-state index contributed by atoms with van der Waals surface area (Å²) in [6.45, 7) is 13.0. The highest BCUT2D eigenvalue weighted by molar-refractivity contribution is 7.90. The van der Waals surface area contributed by atoms with Crippen molar-refractivity contribution >= 4 is 89.1 Å². The first-order chi connectivity index (χ1) is 44.6. The van der Waals surface area contributed by atoms with Gasteiger partial charge >= 0.3 is 0 Å². The zero-order chi connectivity index (χ0) is 65.5. The Hall–Kier alpha value is -8.45. The average molecular weight is 1320 g/mol. The molecule has 7 heterocycles. The molecule has 1 aliphatic carbocycles. The molecule has 5 N–H and O–H groups in total. The van der Waals surface area contributed by atoms with Gasteiger partial charge in [0.1, 0.15) is 29.4 Å². The summed E-state index contributed by atoms with van der Waals surface area (Å²) >= 11 is 2.94. The maximum absolute atomic E-state index is 16.4. The number of para-hydroxylation sites is 1. The summed E-state index contributed by atoms with van der Waals surface area (Å²) in [4.78, 5) is 90.7. The van der Waals surface area contributed by atoms with E-state index in [1.54, 1.807) is 46.1 Å². The molecule has 1 saturated carbocycles. The Labute approximate surface area is 548 Å². The number of aliphatic hydroxyl groups excluding tert-OH is 1. The third kappa shape index (κ3) is 14.0. The number of aromatic nitrogens is 5. The van der Waals surface area contributed by atoms with Gasteiger partial charge in [0.05, 0.1) is 55.2 Å². The summed E-state index contributed by atoms with van der Waals surface area (Å²) in [5.41, 5.74) is 8.51. The number of halogens is 1. The smallest absolute Gasteiger partial charge is 0.284 e. The minimum absolute atomic E-state index is 0.0334. The number of β-amino-alcohol motifs (C(OH)–C–C–N with tert-alkyl or cyclic N) is 1. The zero-order valence-electron chi connectivity index (χ0n) is 52.9. The van der Waals surface area contributed by atoms with Crippen molar-refractivity contribution in [2.45, 2.75) is 142 Å². The molecule has 12 rings (SSSR count). The molecular formula is C69H77FN12O8S3. The number of pyridine rings is 1. The number of anilines is 3. The molecule has 0 spiro atoms. The summed E-state index contributed by atoms with van der Waals surface area (Å²) in [5.74, 6) is -3.23. The second-order valence-electron chi connectivity index (χ2n) is 26.1. The molecule has 5 amide bonds. The number of piperidine rings is 1. The lowest BCUT2D eigenvalue weighted by molar-refractivity contribution is -0.144. The first kappa shape index (κ1) is 64.6. The van der Waals surface area contributed by atoms with Crippen LogP contribution in [0.5, 0.6) is 0 Å². The van der Waals surface area contributed by atoms with Gasteiger partial charge in [0.15, 0.2) is 5.13 Å². The molecular weight excluding hydrogens is 1240 g/mol. The molecule has 4 aliphatic rings. The number of hydrogen-bond donors (Lipinski definition) is 5. The van der Waals surface area contributed by atoms with Crippen LogP contribution in [-0.2, 0) is 43.9 Å². The van der Waals surface area contributed by atoms with Crippen LogP contribution in [0.15, 0.2) is 114 Å². The minimum Gasteiger partial charge on any atom is -0.391 e. The van der Waals surface area contributed by atoms with E-state index in [9.17, 15) is 37.5 Å². The van der Waals surface area contributed by atoms with E-state index < -0.39 is 74.0 Å². The Morgan fingerprint density at radius 3 is 2.30 bits per heavy atom. The highest BCUT2D eigenvalue weighted by atomic mass is 32.2. The summed E-state index contributed by atoms with van der Waals surface area (Å²) in [6, 6.07) is 25.7. The number of fused-ring (bicyclic) bond motifs is 2. The predicted octanol–water partition coefficient (Wildman–Crippen LogP) is 10.5. The number of likely N-dealkylation sites (tertiary alicyclic amines) is 1. The van der Waals surface area contributed by atoms with E-state index in [2.05, 4.69) is 30.6 Å².